The van der Waals surface area contributed by atoms with E-state index in [1.54, 1.807) is 31.3 Å². The molecule has 0 saturated carbocycles. The molecule has 0 saturated heterocycles. The zero-order chi connectivity index (χ0) is 28.8. The van der Waals surface area contributed by atoms with E-state index in [-0.39, 0.29) is 18.8 Å². The number of aryl methyl sites for hydroxylation is 1. The number of ether oxygens (including phenoxy) is 2. The number of nitrogens with one attached hydrogen (secondary N) is 1. The van der Waals surface area contributed by atoms with Crippen LogP contribution in [0.3, 0.4) is 0 Å². The number of rotatable bonds is 7. The molecule has 2 aromatic carbocycles. The number of hydrogen-bond acceptors (Lipinski definition) is 7. The Morgan fingerprint density at radius 3 is 2.62 bits per heavy atom. The molecule has 9 nitrogen and oxygen atoms in total. The largest absolute Gasteiger partial charge is 0.494 e. The molecule has 0 radical (unpaired) electrons. The van der Waals surface area contributed by atoms with E-state index in [0.717, 1.165) is 10.9 Å². The van der Waals surface area contributed by atoms with Crippen molar-refractivity contribution in [3.05, 3.63) is 82.9 Å². The van der Waals surface area contributed by atoms with Crippen LogP contribution in [-0.4, -0.2) is 47.2 Å². The first-order chi connectivity index (χ1) is 18.9. The molecule has 206 valence electrons. The van der Waals surface area contributed by atoms with Crippen molar-refractivity contribution in [3.63, 3.8) is 0 Å². The number of fused-ring (bicyclic) bond motifs is 2. The first-order valence-electron chi connectivity index (χ1n) is 12.6. The van der Waals surface area contributed by atoms with Crippen molar-refractivity contribution in [2.75, 3.05) is 20.3 Å². The fourth-order valence-corrected chi connectivity index (χ4v) is 4.72. The lowest BCUT2D eigenvalue weighted by atomic mass is 9.82. The molecule has 1 aliphatic heterocycles. The number of halogens is 1. The highest BCUT2D eigenvalue weighted by Gasteiger charge is 2.45. The van der Waals surface area contributed by atoms with Crippen molar-refractivity contribution in [3.8, 4) is 22.8 Å². The molecule has 1 aliphatic rings. The molecule has 3 heterocycles. The standard InChI is InChI=1S/C30H29FN4O5/c1-16-9-18-10-19(11-22(39-4)24(18)33-13-16)27(36)34-14-30(3,38)23-12-21-26(40-15-29(21,2)28(32)37)25(35-23)17-5-7-20(31)8-6-17/h5-13,38H,14-15H2,1-4H3,(H2,32,37)(H,34,36)/t29-,30-/m0/s1. The van der Waals surface area contributed by atoms with E-state index in [1.165, 1.54) is 38.3 Å². The van der Waals surface area contributed by atoms with Gasteiger partial charge in [-0.25, -0.2) is 9.37 Å². The Labute approximate surface area is 230 Å². The van der Waals surface area contributed by atoms with Gasteiger partial charge in [0.05, 0.1) is 19.3 Å². The summed E-state index contributed by atoms with van der Waals surface area (Å²) >= 11 is 0. The number of primary amides is 1. The average Bonchev–Trinajstić information content (AvgIpc) is 3.28. The van der Waals surface area contributed by atoms with Gasteiger partial charge in [0.1, 0.15) is 46.1 Å². The van der Waals surface area contributed by atoms with Crippen LogP contribution in [0.4, 0.5) is 4.39 Å². The van der Waals surface area contributed by atoms with Gasteiger partial charge < -0.3 is 25.6 Å². The van der Waals surface area contributed by atoms with Crippen molar-refractivity contribution < 1.29 is 28.6 Å². The van der Waals surface area contributed by atoms with E-state index >= 15 is 0 Å². The molecule has 0 aliphatic carbocycles. The number of carbonyl (C=O) groups excluding carboxylic acids is 2. The highest BCUT2D eigenvalue weighted by atomic mass is 19.1. The molecule has 10 heteroatoms. The zero-order valence-corrected chi connectivity index (χ0v) is 22.5. The van der Waals surface area contributed by atoms with E-state index in [0.29, 0.717) is 39.4 Å². The fourth-order valence-electron chi connectivity index (χ4n) is 4.72. The average molecular weight is 545 g/mol. The first kappa shape index (κ1) is 27.0. The highest BCUT2D eigenvalue weighted by Crippen LogP contribution is 2.45. The lowest BCUT2D eigenvalue weighted by molar-refractivity contribution is -0.123. The Balaban J connectivity index is 1.50. The van der Waals surface area contributed by atoms with Crippen molar-refractivity contribution in [1.82, 2.24) is 15.3 Å². The number of amides is 2. The molecule has 2 atom stereocenters. The summed E-state index contributed by atoms with van der Waals surface area (Å²) in [5.74, 6) is -0.679. The summed E-state index contributed by atoms with van der Waals surface area (Å²) in [5.41, 5.74) is 6.27. The maximum Gasteiger partial charge on any atom is 0.251 e. The maximum absolute atomic E-state index is 13.6. The third-order valence-electron chi connectivity index (χ3n) is 7.25. The molecule has 0 unspecified atom stereocenters. The van der Waals surface area contributed by atoms with Gasteiger partial charge in [0.25, 0.3) is 5.91 Å². The number of methoxy groups -OCH3 is 1. The van der Waals surface area contributed by atoms with Gasteiger partial charge in [-0.05, 0) is 74.9 Å². The SMILES string of the molecule is COc1cc(C(=O)NC[C@](C)(O)c2cc3c(c(-c4ccc(F)cc4)n2)OC[C@]3(C)C(N)=O)cc2cc(C)cnc12. The summed E-state index contributed by atoms with van der Waals surface area (Å²) in [6.07, 6.45) is 1.72. The van der Waals surface area contributed by atoms with E-state index < -0.39 is 28.6 Å². The number of aliphatic hydroxyl groups is 1. The van der Waals surface area contributed by atoms with Crippen LogP contribution in [0.25, 0.3) is 22.2 Å². The van der Waals surface area contributed by atoms with Gasteiger partial charge in [-0.15, -0.1) is 0 Å². The second-order valence-electron chi connectivity index (χ2n) is 10.4. The molecule has 2 aromatic heterocycles. The van der Waals surface area contributed by atoms with Crippen LogP contribution >= 0.6 is 0 Å². The molecule has 0 bridgehead atoms. The summed E-state index contributed by atoms with van der Waals surface area (Å²) in [6.45, 7) is 4.84. The Hall–Kier alpha value is -4.57. The molecule has 5 rings (SSSR count). The van der Waals surface area contributed by atoms with Gasteiger partial charge in [0.15, 0.2) is 0 Å². The molecule has 4 N–H and O–H groups in total. The quantitative estimate of drug-likeness (QED) is 0.324. The minimum atomic E-state index is -1.67. The van der Waals surface area contributed by atoms with Crippen LogP contribution in [0.1, 0.15) is 41.0 Å². The number of benzene rings is 2. The van der Waals surface area contributed by atoms with Crippen molar-refractivity contribution in [1.29, 1.82) is 0 Å². The molecular formula is C30H29FN4O5. The lowest BCUT2D eigenvalue weighted by Gasteiger charge is -2.26. The number of carbonyl (C=O) groups is 2. The topological polar surface area (TPSA) is 137 Å². The third-order valence-corrected chi connectivity index (χ3v) is 7.25. The second kappa shape index (κ2) is 9.87. The summed E-state index contributed by atoms with van der Waals surface area (Å²) in [7, 11) is 1.50. The molecular weight excluding hydrogens is 515 g/mol. The van der Waals surface area contributed by atoms with Crippen LogP contribution in [-0.2, 0) is 15.8 Å². The van der Waals surface area contributed by atoms with Gasteiger partial charge in [0, 0.05) is 28.3 Å². The normalized spacial score (nSPS) is 17.6. The monoisotopic (exact) mass is 544 g/mol. The highest BCUT2D eigenvalue weighted by molar-refractivity contribution is 6.00. The summed E-state index contributed by atoms with van der Waals surface area (Å²) in [6, 6.07) is 12.4. The first-order valence-corrected chi connectivity index (χ1v) is 12.6. The van der Waals surface area contributed by atoms with Crippen molar-refractivity contribution in [2.24, 2.45) is 5.73 Å². The van der Waals surface area contributed by atoms with Crippen LogP contribution < -0.4 is 20.5 Å². The molecule has 0 spiro atoms. The van der Waals surface area contributed by atoms with Gasteiger partial charge in [-0.2, -0.15) is 0 Å². The van der Waals surface area contributed by atoms with Gasteiger partial charge in [0.2, 0.25) is 5.91 Å². The molecule has 2 amide bonds. The Morgan fingerprint density at radius 1 is 1.23 bits per heavy atom. The zero-order valence-electron chi connectivity index (χ0n) is 22.5. The summed E-state index contributed by atoms with van der Waals surface area (Å²) in [4.78, 5) is 34.6. The van der Waals surface area contributed by atoms with Crippen LogP contribution in [0.2, 0.25) is 0 Å². The maximum atomic E-state index is 13.6. The molecule has 4 aromatic rings. The van der Waals surface area contributed by atoms with Gasteiger partial charge in [-0.3, -0.25) is 14.6 Å². The predicted molar refractivity (Wildman–Crippen MR) is 147 cm³/mol. The predicted octanol–water partition coefficient (Wildman–Crippen LogP) is 3.53. The third kappa shape index (κ3) is 4.71. The van der Waals surface area contributed by atoms with Crippen LogP contribution in [0, 0.1) is 12.7 Å². The smallest absolute Gasteiger partial charge is 0.251 e. The Morgan fingerprint density at radius 2 is 1.95 bits per heavy atom. The minimum Gasteiger partial charge on any atom is -0.494 e. The molecule has 0 fully saturated rings. The lowest BCUT2D eigenvalue weighted by Crippen LogP contribution is -2.41. The number of hydrogen-bond donors (Lipinski definition) is 3. The minimum absolute atomic E-state index is 0.00595. The number of nitrogens with two attached hydrogens (primary N) is 1. The van der Waals surface area contributed by atoms with E-state index in [2.05, 4.69) is 15.3 Å². The Kier molecular flexibility index (Phi) is 6.67. The fraction of sp³-hybridized carbons (Fsp3) is 0.267. The van der Waals surface area contributed by atoms with E-state index in [9.17, 15) is 19.1 Å². The van der Waals surface area contributed by atoms with Gasteiger partial charge >= 0.3 is 0 Å². The second-order valence-corrected chi connectivity index (χ2v) is 10.4. The van der Waals surface area contributed by atoms with E-state index in [4.69, 9.17) is 15.2 Å². The van der Waals surface area contributed by atoms with E-state index in [1.807, 2.05) is 13.0 Å². The molecule has 40 heavy (non-hydrogen) atoms. The van der Waals surface area contributed by atoms with Gasteiger partial charge in [-0.1, -0.05) is 0 Å². The van der Waals surface area contributed by atoms with Crippen LogP contribution in [0.5, 0.6) is 11.5 Å². The Bertz CT molecular complexity index is 1650. The van der Waals surface area contributed by atoms with Crippen molar-refractivity contribution >= 4 is 22.7 Å². The van der Waals surface area contributed by atoms with Crippen LogP contribution in [0.15, 0.2) is 54.7 Å². The number of nitrogens with zero attached hydrogens (tertiary/aromatic N) is 2. The number of pyridine rings is 2. The number of aromatic nitrogens is 2. The van der Waals surface area contributed by atoms with Crippen molar-refractivity contribution in [2.45, 2.75) is 31.8 Å². The summed E-state index contributed by atoms with van der Waals surface area (Å²) in [5, 5.41) is 15.0. The summed E-state index contributed by atoms with van der Waals surface area (Å²) < 4.78 is 24.9.